The molecule has 1 aromatic rings. The number of rotatable bonds is 6. The van der Waals surface area contributed by atoms with Gasteiger partial charge in [-0.1, -0.05) is 23.1 Å². The second-order valence-corrected chi connectivity index (χ2v) is 10.2. The molecule has 4 bridgehead atoms. The summed E-state index contributed by atoms with van der Waals surface area (Å²) in [7, 11) is 1.83. The molecule has 1 heterocycles. The van der Waals surface area contributed by atoms with Crippen molar-refractivity contribution in [3.05, 3.63) is 0 Å². The highest BCUT2D eigenvalue weighted by atomic mass is 32.2. The lowest BCUT2D eigenvalue weighted by Crippen LogP contribution is -2.56. The van der Waals surface area contributed by atoms with Gasteiger partial charge in [0.2, 0.25) is 11.0 Å². The molecule has 4 fully saturated rings. The van der Waals surface area contributed by atoms with Crippen molar-refractivity contribution in [1.29, 1.82) is 0 Å². The van der Waals surface area contributed by atoms with E-state index in [0.717, 1.165) is 27.2 Å². The summed E-state index contributed by atoms with van der Waals surface area (Å²) in [6.45, 7) is 2.24. The largest absolute Gasteiger partial charge is 0.363 e. The lowest BCUT2D eigenvalue weighted by molar-refractivity contribution is -0.123. The molecule has 0 spiro atoms. The van der Waals surface area contributed by atoms with Crippen molar-refractivity contribution < 1.29 is 4.79 Å². The summed E-state index contributed by atoms with van der Waals surface area (Å²) in [5.41, 5.74) is 0.372. The number of aromatic nitrogens is 2. The second-order valence-electron chi connectivity index (χ2n) is 7.98. The monoisotopic (exact) mass is 366 g/mol. The quantitative estimate of drug-likeness (QED) is 0.756. The highest BCUT2D eigenvalue weighted by Gasteiger charge is 2.53. The molecule has 1 aromatic heterocycles. The fourth-order valence-corrected chi connectivity index (χ4v) is 7.16. The average molecular weight is 367 g/mol. The van der Waals surface area contributed by atoms with Gasteiger partial charge in [-0.2, -0.15) is 0 Å². The van der Waals surface area contributed by atoms with E-state index in [0.29, 0.717) is 17.2 Å². The summed E-state index contributed by atoms with van der Waals surface area (Å²) in [5, 5.41) is 15.2. The van der Waals surface area contributed by atoms with Crippen molar-refractivity contribution >= 4 is 34.1 Å². The van der Waals surface area contributed by atoms with E-state index in [1.807, 2.05) is 7.05 Å². The second kappa shape index (κ2) is 6.48. The predicted octanol–water partition coefficient (Wildman–Crippen LogP) is 3.39. The molecule has 0 unspecified atom stereocenters. The minimum Gasteiger partial charge on any atom is -0.363 e. The summed E-state index contributed by atoms with van der Waals surface area (Å²) in [6.07, 6.45) is 8.32. The molecular weight excluding hydrogens is 340 g/mol. The van der Waals surface area contributed by atoms with Crippen molar-refractivity contribution in [2.75, 3.05) is 18.1 Å². The lowest BCUT2D eigenvalue weighted by atomic mass is 9.48. The van der Waals surface area contributed by atoms with Crippen LogP contribution in [0.1, 0.15) is 45.4 Å². The van der Waals surface area contributed by atoms with Gasteiger partial charge in [0.15, 0.2) is 4.34 Å². The third-order valence-electron chi connectivity index (χ3n) is 6.33. The Morgan fingerprint density at radius 2 is 1.88 bits per heavy atom. The minimum absolute atomic E-state index is 0.129. The van der Waals surface area contributed by atoms with Crippen LogP contribution < -0.4 is 10.6 Å². The molecule has 132 valence electrons. The number of carbonyl (C=O) groups is 1. The van der Waals surface area contributed by atoms with Crippen LogP contribution in [0.15, 0.2) is 4.34 Å². The first-order valence-corrected chi connectivity index (χ1v) is 10.8. The molecule has 0 aromatic carbocycles. The van der Waals surface area contributed by atoms with E-state index in [1.165, 1.54) is 61.6 Å². The van der Waals surface area contributed by atoms with Gasteiger partial charge in [0.05, 0.1) is 5.75 Å². The van der Waals surface area contributed by atoms with Crippen LogP contribution in [-0.4, -0.2) is 34.9 Å². The van der Waals surface area contributed by atoms with Crippen molar-refractivity contribution in [3.8, 4) is 0 Å². The first-order chi connectivity index (χ1) is 11.6. The molecule has 4 aliphatic carbocycles. The van der Waals surface area contributed by atoms with Gasteiger partial charge in [0, 0.05) is 13.1 Å². The molecule has 5 rings (SSSR count). The summed E-state index contributed by atoms with van der Waals surface area (Å²) >= 11 is 2.97. The third kappa shape index (κ3) is 3.17. The number of hydrogen-bond donors (Lipinski definition) is 2. The lowest BCUT2D eigenvalue weighted by Gasteiger charge is -2.59. The number of carbonyl (C=O) groups excluding carboxylic acids is 1. The van der Waals surface area contributed by atoms with Gasteiger partial charge in [-0.05, 0) is 68.6 Å². The van der Waals surface area contributed by atoms with E-state index in [-0.39, 0.29) is 5.91 Å². The molecular formula is C17H26N4OS2. The van der Waals surface area contributed by atoms with Crippen molar-refractivity contribution in [1.82, 2.24) is 15.5 Å². The minimum atomic E-state index is 0.129. The molecule has 7 heteroatoms. The van der Waals surface area contributed by atoms with E-state index in [2.05, 4.69) is 27.8 Å². The third-order valence-corrected chi connectivity index (χ3v) is 8.40. The topological polar surface area (TPSA) is 66.9 Å². The Morgan fingerprint density at radius 3 is 2.42 bits per heavy atom. The highest BCUT2D eigenvalue weighted by Crippen LogP contribution is 2.61. The maximum absolute atomic E-state index is 12.4. The van der Waals surface area contributed by atoms with Gasteiger partial charge in [-0.25, -0.2) is 0 Å². The molecule has 2 N–H and O–H groups in total. The summed E-state index contributed by atoms with van der Waals surface area (Å²) in [4.78, 5) is 12.4. The van der Waals surface area contributed by atoms with E-state index < -0.39 is 0 Å². The Bertz CT molecular complexity index is 582. The molecule has 5 nitrogen and oxygen atoms in total. The molecule has 1 amide bonds. The van der Waals surface area contributed by atoms with Crippen LogP contribution in [0, 0.1) is 23.2 Å². The Balaban J connectivity index is 1.32. The van der Waals surface area contributed by atoms with E-state index in [1.54, 1.807) is 0 Å². The maximum atomic E-state index is 12.4. The van der Waals surface area contributed by atoms with Crippen molar-refractivity contribution in [2.24, 2.45) is 23.2 Å². The van der Waals surface area contributed by atoms with Crippen LogP contribution in [0.5, 0.6) is 0 Å². The zero-order valence-electron chi connectivity index (χ0n) is 14.4. The number of nitrogens with one attached hydrogen (secondary N) is 2. The smallest absolute Gasteiger partial charge is 0.230 e. The normalized spacial score (nSPS) is 35.0. The van der Waals surface area contributed by atoms with E-state index >= 15 is 0 Å². The molecule has 4 saturated carbocycles. The molecule has 0 aliphatic heterocycles. The number of amides is 1. The van der Waals surface area contributed by atoms with Crippen LogP contribution in [0.2, 0.25) is 0 Å². The van der Waals surface area contributed by atoms with Crippen LogP contribution in [-0.2, 0) is 4.79 Å². The van der Waals surface area contributed by atoms with Gasteiger partial charge in [-0.3, -0.25) is 4.79 Å². The fourth-order valence-electron chi connectivity index (χ4n) is 5.64. The van der Waals surface area contributed by atoms with E-state index in [4.69, 9.17) is 0 Å². The molecule has 4 aliphatic rings. The molecule has 24 heavy (non-hydrogen) atoms. The van der Waals surface area contributed by atoms with E-state index in [9.17, 15) is 4.79 Å². The maximum Gasteiger partial charge on any atom is 0.230 e. The first kappa shape index (κ1) is 16.6. The number of nitrogens with zero attached hydrogens (tertiary/aromatic N) is 2. The molecule has 0 saturated heterocycles. The highest BCUT2D eigenvalue weighted by molar-refractivity contribution is 8.01. The van der Waals surface area contributed by atoms with Crippen LogP contribution in [0.25, 0.3) is 0 Å². The Morgan fingerprint density at radius 1 is 1.25 bits per heavy atom. The van der Waals surface area contributed by atoms with Crippen LogP contribution in [0.3, 0.4) is 0 Å². The average Bonchev–Trinajstić information content (AvgIpc) is 2.99. The number of thioether (sulfide) groups is 1. The fraction of sp³-hybridized carbons (Fsp3) is 0.824. The Kier molecular flexibility index (Phi) is 4.49. The van der Waals surface area contributed by atoms with Crippen molar-refractivity contribution in [3.63, 3.8) is 0 Å². The molecule has 1 atom stereocenters. The zero-order valence-corrected chi connectivity index (χ0v) is 16.0. The van der Waals surface area contributed by atoms with Gasteiger partial charge < -0.3 is 10.6 Å². The summed E-state index contributed by atoms with van der Waals surface area (Å²) in [6, 6.07) is 0.293. The Labute approximate surface area is 151 Å². The number of hydrogen-bond acceptors (Lipinski definition) is 6. The van der Waals surface area contributed by atoms with Gasteiger partial charge >= 0.3 is 0 Å². The zero-order chi connectivity index (χ0) is 16.7. The Hall–Kier alpha value is -0.820. The van der Waals surface area contributed by atoms with Crippen LogP contribution >= 0.6 is 23.1 Å². The van der Waals surface area contributed by atoms with Crippen molar-refractivity contribution in [2.45, 2.75) is 55.8 Å². The predicted molar refractivity (Wildman–Crippen MR) is 98.4 cm³/mol. The molecule has 0 radical (unpaired) electrons. The first-order valence-electron chi connectivity index (χ1n) is 9.00. The summed E-state index contributed by atoms with van der Waals surface area (Å²) < 4.78 is 0.844. The standard InChI is InChI=1S/C17H26N4OS2/c1-10(17-6-11-3-12(7-17)5-13(4-11)8-17)19-14(22)9-23-16-21-20-15(18-2)24-16/h10-13H,3-9H2,1-2H3,(H,18,20)(H,19,22)/t10-,11?,12?,13?,17?/m0/s1. The van der Waals surface area contributed by atoms with Crippen LogP contribution in [0.4, 0.5) is 5.13 Å². The van der Waals surface area contributed by atoms with Gasteiger partial charge in [0.25, 0.3) is 0 Å². The van der Waals surface area contributed by atoms with Gasteiger partial charge in [-0.15, -0.1) is 10.2 Å². The summed E-state index contributed by atoms with van der Waals surface area (Å²) in [5.74, 6) is 3.32. The van der Waals surface area contributed by atoms with Gasteiger partial charge in [0.1, 0.15) is 0 Å². The number of anilines is 1. The SMILES string of the molecule is CNc1nnc(SCC(=O)N[C@@H](C)C23CC4CC(CC(C4)C2)C3)s1.